The van der Waals surface area contributed by atoms with Crippen LogP contribution in [-0.4, -0.2) is 61.2 Å². The second-order valence-electron chi connectivity index (χ2n) is 5.35. The van der Waals surface area contributed by atoms with E-state index < -0.39 is 10.0 Å². The number of ether oxygens (including phenoxy) is 1. The molecule has 2 heterocycles. The normalized spacial score (nSPS) is 19.0. The molecule has 0 saturated heterocycles. The molecule has 0 fully saturated rings. The number of nitrogens with zero attached hydrogens (tertiary/aromatic N) is 3. The minimum absolute atomic E-state index is 0.125. The zero-order valence-electron chi connectivity index (χ0n) is 13.1. The van der Waals surface area contributed by atoms with Crippen molar-refractivity contribution in [2.45, 2.75) is 25.9 Å². The van der Waals surface area contributed by atoms with Crippen LogP contribution in [0, 0.1) is 0 Å². The van der Waals surface area contributed by atoms with Crippen LogP contribution < -0.4 is 5.32 Å². The predicted octanol–water partition coefficient (Wildman–Crippen LogP) is -0.476. The Labute approximate surface area is 130 Å². The van der Waals surface area contributed by atoms with E-state index in [4.69, 9.17) is 4.74 Å². The molecule has 0 bridgehead atoms. The maximum atomic E-state index is 11.8. The minimum atomic E-state index is -3.26. The van der Waals surface area contributed by atoms with E-state index in [-0.39, 0.29) is 18.4 Å². The molecule has 1 aliphatic rings. The largest absolute Gasteiger partial charge is 0.383 e. The number of nitrogens with one attached hydrogen (secondary N) is 1. The average Bonchev–Trinajstić information content (AvgIpc) is 2.81. The fraction of sp³-hybridized carbons (Fsp3) is 0.692. The maximum absolute atomic E-state index is 11.8. The molecule has 0 spiro atoms. The molecule has 0 aliphatic carbocycles. The monoisotopic (exact) mass is 330 g/mol. The lowest BCUT2D eigenvalue weighted by Crippen LogP contribution is -2.40. The van der Waals surface area contributed by atoms with Crippen molar-refractivity contribution in [2.75, 3.05) is 33.1 Å². The van der Waals surface area contributed by atoms with Gasteiger partial charge >= 0.3 is 0 Å². The lowest BCUT2D eigenvalue weighted by molar-refractivity contribution is -0.120. The molecule has 9 heteroatoms. The van der Waals surface area contributed by atoms with Crippen molar-refractivity contribution in [2.24, 2.45) is 0 Å². The molecule has 0 radical (unpaired) electrons. The molecule has 2 rings (SSSR count). The van der Waals surface area contributed by atoms with Gasteiger partial charge in [0.2, 0.25) is 15.9 Å². The highest BCUT2D eigenvalue weighted by atomic mass is 32.2. The van der Waals surface area contributed by atoms with Crippen molar-refractivity contribution < 1.29 is 17.9 Å². The number of hydrogen-bond donors (Lipinski definition) is 1. The number of rotatable bonds is 6. The van der Waals surface area contributed by atoms with Crippen LogP contribution in [0.4, 0.5) is 0 Å². The van der Waals surface area contributed by atoms with Gasteiger partial charge < -0.3 is 14.6 Å². The number of imidazole rings is 1. The summed E-state index contributed by atoms with van der Waals surface area (Å²) in [5.74, 6) is 0.552. The van der Waals surface area contributed by atoms with Crippen molar-refractivity contribution in [3.8, 4) is 0 Å². The van der Waals surface area contributed by atoms with E-state index in [1.54, 1.807) is 7.11 Å². The summed E-state index contributed by atoms with van der Waals surface area (Å²) in [6.45, 7) is 3.70. The van der Waals surface area contributed by atoms with E-state index in [2.05, 4.69) is 10.3 Å². The van der Waals surface area contributed by atoms with Crippen LogP contribution in [-0.2, 0) is 32.5 Å². The van der Waals surface area contributed by atoms with Crippen LogP contribution >= 0.6 is 0 Å². The molecular weight excluding hydrogens is 308 g/mol. The van der Waals surface area contributed by atoms with E-state index in [1.807, 2.05) is 17.7 Å². The third-order valence-corrected chi connectivity index (χ3v) is 4.97. The first-order chi connectivity index (χ1) is 10.3. The summed E-state index contributed by atoms with van der Waals surface area (Å²) in [6, 6.07) is -0.325. The molecule has 1 aromatic heterocycles. The van der Waals surface area contributed by atoms with E-state index in [9.17, 15) is 13.2 Å². The molecule has 1 aromatic rings. The Bertz CT molecular complexity index is 640. The number of fused-ring (bicyclic) bond motifs is 1. The second kappa shape index (κ2) is 6.76. The number of hydrogen-bond acceptors (Lipinski definition) is 5. The van der Waals surface area contributed by atoms with Gasteiger partial charge in [-0.15, -0.1) is 0 Å². The van der Waals surface area contributed by atoms with Gasteiger partial charge in [-0.3, -0.25) is 4.79 Å². The van der Waals surface area contributed by atoms with E-state index in [0.29, 0.717) is 37.8 Å². The summed E-state index contributed by atoms with van der Waals surface area (Å²) in [5.41, 5.74) is 0.645. The molecule has 1 atom stereocenters. The smallest absolute Gasteiger partial charge is 0.226 e. The van der Waals surface area contributed by atoms with Gasteiger partial charge in [-0.1, -0.05) is 0 Å². The van der Waals surface area contributed by atoms with Gasteiger partial charge in [-0.25, -0.2) is 13.4 Å². The Hall–Kier alpha value is -1.45. The second-order valence-corrected chi connectivity index (χ2v) is 7.29. The predicted molar refractivity (Wildman–Crippen MR) is 80.8 cm³/mol. The number of amides is 1. The molecule has 22 heavy (non-hydrogen) atoms. The van der Waals surface area contributed by atoms with Gasteiger partial charge in [0, 0.05) is 32.9 Å². The van der Waals surface area contributed by atoms with Gasteiger partial charge in [0.15, 0.2) is 0 Å². The first-order valence-electron chi connectivity index (χ1n) is 7.11. The first kappa shape index (κ1) is 16.9. The standard InChI is InChI=1S/C13H22N4O4S/c1-10-13-15-11(8-12(18)14-4-7-21-2)9-16(13)5-6-17(10)22(3,19)20/h9-10H,4-8H2,1-3H3,(H,14,18). The third-order valence-electron chi connectivity index (χ3n) is 3.62. The van der Waals surface area contributed by atoms with Crippen molar-refractivity contribution in [1.29, 1.82) is 0 Å². The summed E-state index contributed by atoms with van der Waals surface area (Å²) in [5, 5.41) is 2.74. The lowest BCUT2D eigenvalue weighted by atomic mass is 10.2. The third kappa shape index (κ3) is 3.84. The van der Waals surface area contributed by atoms with Crippen LogP contribution in [0.15, 0.2) is 6.20 Å². The van der Waals surface area contributed by atoms with Gasteiger partial charge in [0.05, 0.1) is 31.0 Å². The van der Waals surface area contributed by atoms with Crippen molar-refractivity contribution in [1.82, 2.24) is 19.2 Å². The number of sulfonamides is 1. The Balaban J connectivity index is 2.06. The molecule has 1 unspecified atom stereocenters. The quantitative estimate of drug-likeness (QED) is 0.712. The summed E-state index contributed by atoms with van der Waals surface area (Å²) in [6.07, 6.45) is 3.20. The summed E-state index contributed by atoms with van der Waals surface area (Å²) in [7, 11) is -1.69. The van der Waals surface area contributed by atoms with Gasteiger partial charge in [0.1, 0.15) is 5.82 Å². The Morgan fingerprint density at radius 1 is 1.50 bits per heavy atom. The van der Waals surface area contributed by atoms with E-state index in [1.165, 1.54) is 10.6 Å². The number of carbonyl (C=O) groups excluding carboxylic acids is 1. The highest BCUT2D eigenvalue weighted by Gasteiger charge is 2.31. The Kier molecular flexibility index (Phi) is 5.20. The van der Waals surface area contributed by atoms with Gasteiger partial charge in [-0.05, 0) is 6.92 Å². The van der Waals surface area contributed by atoms with Gasteiger partial charge in [0.25, 0.3) is 0 Å². The summed E-state index contributed by atoms with van der Waals surface area (Å²) < 4.78 is 31.7. The van der Waals surface area contributed by atoms with Crippen molar-refractivity contribution in [3.05, 3.63) is 17.7 Å². The molecule has 124 valence electrons. The maximum Gasteiger partial charge on any atom is 0.226 e. The highest BCUT2D eigenvalue weighted by molar-refractivity contribution is 7.88. The number of aromatic nitrogens is 2. The Morgan fingerprint density at radius 3 is 2.86 bits per heavy atom. The van der Waals surface area contributed by atoms with Crippen molar-refractivity contribution >= 4 is 15.9 Å². The first-order valence-corrected chi connectivity index (χ1v) is 8.96. The van der Waals surface area contributed by atoms with Crippen LogP contribution in [0.5, 0.6) is 0 Å². The zero-order valence-corrected chi connectivity index (χ0v) is 13.9. The fourth-order valence-electron chi connectivity index (χ4n) is 2.59. The van der Waals surface area contributed by atoms with Crippen LogP contribution in [0.25, 0.3) is 0 Å². The minimum Gasteiger partial charge on any atom is -0.383 e. The Morgan fingerprint density at radius 2 is 2.23 bits per heavy atom. The fourth-order valence-corrected chi connectivity index (χ4v) is 3.67. The van der Waals surface area contributed by atoms with E-state index in [0.717, 1.165) is 0 Å². The molecule has 1 aliphatic heterocycles. The topological polar surface area (TPSA) is 93.5 Å². The van der Waals surface area contributed by atoms with Crippen LogP contribution in [0.3, 0.4) is 0 Å². The van der Waals surface area contributed by atoms with E-state index >= 15 is 0 Å². The van der Waals surface area contributed by atoms with Crippen LogP contribution in [0.1, 0.15) is 24.5 Å². The van der Waals surface area contributed by atoms with Crippen LogP contribution in [0.2, 0.25) is 0 Å². The lowest BCUT2D eigenvalue weighted by Gasteiger charge is -2.31. The zero-order chi connectivity index (χ0) is 16.3. The number of methoxy groups -OCH3 is 1. The molecule has 8 nitrogen and oxygen atoms in total. The summed E-state index contributed by atoms with van der Waals surface area (Å²) in [4.78, 5) is 16.2. The summed E-state index contributed by atoms with van der Waals surface area (Å²) >= 11 is 0. The molecular formula is C13H22N4O4S. The molecule has 1 N–H and O–H groups in total. The molecule has 1 amide bonds. The number of carbonyl (C=O) groups is 1. The molecule has 0 aromatic carbocycles. The van der Waals surface area contributed by atoms with Crippen molar-refractivity contribution in [3.63, 3.8) is 0 Å². The van der Waals surface area contributed by atoms with Gasteiger partial charge in [-0.2, -0.15) is 4.31 Å². The highest BCUT2D eigenvalue weighted by Crippen LogP contribution is 2.26. The molecule has 0 saturated carbocycles. The average molecular weight is 330 g/mol. The SMILES string of the molecule is COCCNC(=O)Cc1cn2c(n1)C(C)N(S(C)(=O)=O)CC2.